The summed E-state index contributed by atoms with van der Waals surface area (Å²) in [6, 6.07) is 3.81. The van der Waals surface area contributed by atoms with E-state index in [4.69, 9.17) is 0 Å². The van der Waals surface area contributed by atoms with E-state index in [1.807, 2.05) is 0 Å². The normalized spacial score (nSPS) is 15.8. The van der Waals surface area contributed by atoms with Gasteiger partial charge in [0.1, 0.15) is 0 Å². The Bertz CT molecular complexity index is 498. The summed E-state index contributed by atoms with van der Waals surface area (Å²) in [6.45, 7) is 0. The summed E-state index contributed by atoms with van der Waals surface area (Å²) in [7, 11) is 0. The number of hydrogen-bond donors (Lipinski definition) is 1. The third-order valence-corrected chi connectivity index (χ3v) is 4.21. The molecule has 1 aliphatic carbocycles. The molecule has 1 aliphatic rings. The fourth-order valence-corrected chi connectivity index (χ4v) is 2.60. The second-order valence-corrected chi connectivity index (χ2v) is 5.85. The van der Waals surface area contributed by atoms with Crippen molar-refractivity contribution in [3.05, 3.63) is 33.8 Å². The van der Waals surface area contributed by atoms with Gasteiger partial charge >= 0.3 is 6.18 Å². The molecule has 2 nitrogen and oxygen atoms in total. The van der Waals surface area contributed by atoms with Crippen LogP contribution in [0.25, 0.3) is 0 Å². The van der Waals surface area contributed by atoms with Crippen LogP contribution in [0, 0.1) is 0 Å². The summed E-state index contributed by atoms with van der Waals surface area (Å²) >= 11 is 3.13. The van der Waals surface area contributed by atoms with E-state index in [9.17, 15) is 18.0 Å². The minimum Gasteiger partial charge on any atom is -0.353 e. The highest BCUT2D eigenvalue weighted by Crippen LogP contribution is 2.32. The molecule has 0 unspecified atom stereocenters. The summed E-state index contributed by atoms with van der Waals surface area (Å²) in [4.78, 5) is 11.7. The van der Waals surface area contributed by atoms with Crippen molar-refractivity contribution in [2.24, 2.45) is 0 Å². The van der Waals surface area contributed by atoms with Crippen molar-refractivity contribution in [1.29, 1.82) is 0 Å². The maximum absolute atomic E-state index is 12.5. The summed E-state index contributed by atoms with van der Waals surface area (Å²) < 4.78 is 37.9. The zero-order chi connectivity index (χ0) is 14.8. The Kier molecular flexibility index (Phi) is 4.73. The number of amides is 1. The van der Waals surface area contributed by atoms with Gasteiger partial charge in [-0.05, 0) is 43.4 Å². The number of halogens is 4. The molecule has 1 fully saturated rings. The fourth-order valence-electron chi connectivity index (χ4n) is 2.03. The molecule has 0 aromatic heterocycles. The highest BCUT2D eigenvalue weighted by molar-refractivity contribution is 9.10. The zero-order valence-corrected chi connectivity index (χ0v) is 12.4. The first-order valence-electron chi connectivity index (χ1n) is 6.51. The van der Waals surface area contributed by atoms with Crippen molar-refractivity contribution in [3.63, 3.8) is 0 Å². The van der Waals surface area contributed by atoms with Crippen LogP contribution in [0.15, 0.2) is 22.7 Å². The lowest BCUT2D eigenvalue weighted by Gasteiger charge is -2.26. The minimum atomic E-state index is -4.34. The van der Waals surface area contributed by atoms with Gasteiger partial charge in [-0.2, -0.15) is 13.2 Å². The summed E-state index contributed by atoms with van der Waals surface area (Å²) in [5.74, 6) is -0.0403. The molecule has 1 saturated carbocycles. The van der Waals surface area contributed by atoms with Crippen molar-refractivity contribution in [2.75, 3.05) is 0 Å². The van der Waals surface area contributed by atoms with Crippen molar-refractivity contribution in [2.45, 2.75) is 44.3 Å². The van der Waals surface area contributed by atoms with Gasteiger partial charge in [-0.15, -0.1) is 0 Å². The predicted molar refractivity (Wildman–Crippen MR) is 73.2 cm³/mol. The van der Waals surface area contributed by atoms with Gasteiger partial charge in [0.2, 0.25) is 5.91 Å². The number of carbonyl (C=O) groups excluding carboxylic acids is 1. The standard InChI is InChI=1S/C14H15BrF3NO/c15-12-8-10(14(16,17)18)6-4-9(12)5-7-13(20)19-11-2-1-3-11/h4,6,8,11H,1-3,5,7H2,(H,19,20). The second-order valence-electron chi connectivity index (χ2n) is 5.00. The SMILES string of the molecule is O=C(CCc1ccc(C(F)(F)F)cc1Br)NC1CCC1. The smallest absolute Gasteiger partial charge is 0.353 e. The molecule has 20 heavy (non-hydrogen) atoms. The average Bonchev–Trinajstić information content (AvgIpc) is 2.31. The lowest BCUT2D eigenvalue weighted by molar-refractivity contribution is -0.137. The van der Waals surface area contributed by atoms with E-state index in [0.717, 1.165) is 31.4 Å². The molecule has 0 saturated heterocycles. The van der Waals surface area contributed by atoms with E-state index in [2.05, 4.69) is 21.2 Å². The summed E-state index contributed by atoms with van der Waals surface area (Å²) in [5, 5.41) is 2.91. The molecule has 1 N–H and O–H groups in total. The van der Waals surface area contributed by atoms with E-state index in [-0.39, 0.29) is 5.91 Å². The van der Waals surface area contributed by atoms with Crippen LogP contribution in [0.2, 0.25) is 0 Å². The number of carbonyl (C=O) groups is 1. The number of benzene rings is 1. The van der Waals surface area contributed by atoms with Gasteiger partial charge in [0, 0.05) is 16.9 Å². The molecule has 0 radical (unpaired) electrons. The Morgan fingerprint density at radius 3 is 2.55 bits per heavy atom. The molecule has 6 heteroatoms. The van der Waals surface area contributed by atoms with Gasteiger partial charge in [0.25, 0.3) is 0 Å². The fraction of sp³-hybridized carbons (Fsp3) is 0.500. The van der Waals surface area contributed by atoms with Crippen LogP contribution in [0.4, 0.5) is 13.2 Å². The largest absolute Gasteiger partial charge is 0.416 e. The molecule has 2 rings (SSSR count). The highest BCUT2D eigenvalue weighted by Gasteiger charge is 2.30. The van der Waals surface area contributed by atoms with Crippen LogP contribution in [-0.4, -0.2) is 11.9 Å². The summed E-state index contributed by atoms with van der Waals surface area (Å²) in [5.41, 5.74) is 0.0220. The van der Waals surface area contributed by atoms with E-state index in [1.54, 1.807) is 0 Å². The molecule has 1 aromatic carbocycles. The monoisotopic (exact) mass is 349 g/mol. The first-order valence-corrected chi connectivity index (χ1v) is 7.30. The molecule has 1 aromatic rings. The van der Waals surface area contributed by atoms with Crippen LogP contribution >= 0.6 is 15.9 Å². The van der Waals surface area contributed by atoms with Crippen molar-refractivity contribution in [3.8, 4) is 0 Å². The first kappa shape index (κ1) is 15.4. The Morgan fingerprint density at radius 2 is 2.05 bits per heavy atom. The second kappa shape index (κ2) is 6.16. The molecule has 110 valence electrons. The van der Waals surface area contributed by atoms with Gasteiger partial charge in [0.05, 0.1) is 5.56 Å². The van der Waals surface area contributed by atoms with E-state index in [1.165, 1.54) is 6.07 Å². The molecular formula is C14H15BrF3NO. The van der Waals surface area contributed by atoms with Gasteiger partial charge < -0.3 is 5.32 Å². The Hall–Kier alpha value is -1.04. The number of nitrogens with one attached hydrogen (secondary N) is 1. The quantitative estimate of drug-likeness (QED) is 0.872. The minimum absolute atomic E-state index is 0.0403. The molecule has 0 heterocycles. The van der Waals surface area contributed by atoms with Crippen LogP contribution in [0.1, 0.15) is 36.8 Å². The van der Waals surface area contributed by atoms with Crippen LogP contribution < -0.4 is 5.32 Å². The van der Waals surface area contributed by atoms with E-state index < -0.39 is 11.7 Å². The molecular weight excluding hydrogens is 335 g/mol. The maximum Gasteiger partial charge on any atom is 0.416 e. The zero-order valence-electron chi connectivity index (χ0n) is 10.8. The van der Waals surface area contributed by atoms with Gasteiger partial charge in [0.15, 0.2) is 0 Å². The van der Waals surface area contributed by atoms with Crippen LogP contribution in [0.5, 0.6) is 0 Å². The third kappa shape index (κ3) is 3.98. The molecule has 1 amide bonds. The number of rotatable bonds is 4. The van der Waals surface area contributed by atoms with Crippen LogP contribution in [0.3, 0.4) is 0 Å². The van der Waals surface area contributed by atoms with Gasteiger partial charge in [-0.1, -0.05) is 22.0 Å². The number of alkyl halides is 3. The topological polar surface area (TPSA) is 29.1 Å². The lowest BCUT2D eigenvalue weighted by Crippen LogP contribution is -2.39. The average molecular weight is 350 g/mol. The summed E-state index contributed by atoms with van der Waals surface area (Å²) in [6.07, 6.45) is -0.429. The Labute approximate surface area is 123 Å². The lowest BCUT2D eigenvalue weighted by atomic mass is 9.93. The molecule has 0 aliphatic heterocycles. The maximum atomic E-state index is 12.5. The van der Waals surface area contributed by atoms with Gasteiger partial charge in [-0.3, -0.25) is 4.79 Å². The van der Waals surface area contributed by atoms with Gasteiger partial charge in [-0.25, -0.2) is 0 Å². The van der Waals surface area contributed by atoms with E-state index in [0.29, 0.717) is 28.9 Å². The predicted octanol–water partition coefficient (Wildman–Crippen LogP) is 4.07. The highest BCUT2D eigenvalue weighted by atomic mass is 79.9. The Morgan fingerprint density at radius 1 is 1.35 bits per heavy atom. The number of hydrogen-bond acceptors (Lipinski definition) is 1. The van der Waals surface area contributed by atoms with Crippen molar-refractivity contribution in [1.82, 2.24) is 5.32 Å². The molecule has 0 spiro atoms. The molecule has 0 atom stereocenters. The third-order valence-electron chi connectivity index (χ3n) is 3.47. The van der Waals surface area contributed by atoms with Crippen molar-refractivity contribution >= 4 is 21.8 Å². The van der Waals surface area contributed by atoms with Crippen LogP contribution in [-0.2, 0) is 17.4 Å². The number of aryl methyl sites for hydroxylation is 1. The Balaban J connectivity index is 1.91. The van der Waals surface area contributed by atoms with Crippen molar-refractivity contribution < 1.29 is 18.0 Å². The first-order chi connectivity index (χ1) is 9.36. The molecule has 0 bridgehead atoms. The van der Waals surface area contributed by atoms with E-state index >= 15 is 0 Å².